The minimum absolute atomic E-state index is 0.00602. The molecule has 3 N–H and O–H groups in total. The second kappa shape index (κ2) is 6.80. The van der Waals surface area contributed by atoms with Gasteiger partial charge in [0.2, 0.25) is 0 Å². The summed E-state index contributed by atoms with van der Waals surface area (Å²) < 4.78 is 0. The van der Waals surface area contributed by atoms with Crippen LogP contribution in [0.2, 0.25) is 0 Å². The maximum absolute atomic E-state index is 12.8. The molecule has 0 saturated heterocycles. The van der Waals surface area contributed by atoms with E-state index in [-0.39, 0.29) is 50.4 Å². The molecule has 10 atom stereocenters. The number of fused-ring (bicyclic) bond motifs is 7. The van der Waals surface area contributed by atoms with Gasteiger partial charge in [0, 0.05) is 11.8 Å². The molecule has 0 aromatic rings. The third kappa shape index (κ3) is 2.85. The van der Waals surface area contributed by atoms with Crippen molar-refractivity contribution in [3.8, 4) is 0 Å². The molecule has 0 radical (unpaired) electrons. The summed E-state index contributed by atoms with van der Waals surface area (Å²) in [6.45, 7) is 19.0. The molecular formula is C30H52O3. The lowest BCUT2D eigenvalue weighted by Crippen LogP contribution is -2.76. The van der Waals surface area contributed by atoms with Crippen LogP contribution in [0.15, 0.2) is 0 Å². The molecule has 5 saturated carbocycles. The zero-order valence-corrected chi connectivity index (χ0v) is 22.8. The molecule has 0 heterocycles. The van der Waals surface area contributed by atoms with Gasteiger partial charge in [0.15, 0.2) is 0 Å². The van der Waals surface area contributed by atoms with Crippen molar-refractivity contribution in [1.82, 2.24) is 0 Å². The number of rotatable bonds is 0. The molecule has 33 heavy (non-hydrogen) atoms. The van der Waals surface area contributed by atoms with Gasteiger partial charge in [0.25, 0.3) is 0 Å². The van der Waals surface area contributed by atoms with E-state index in [4.69, 9.17) is 0 Å². The molecule has 5 fully saturated rings. The molecule has 0 aromatic heterocycles. The van der Waals surface area contributed by atoms with Crippen molar-refractivity contribution in [2.24, 2.45) is 50.2 Å². The molecule has 0 amide bonds. The minimum atomic E-state index is -0.810. The third-order valence-corrected chi connectivity index (χ3v) is 13.7. The summed E-state index contributed by atoms with van der Waals surface area (Å²) >= 11 is 0. The molecule has 5 aliphatic carbocycles. The Morgan fingerprint density at radius 2 is 1.30 bits per heavy atom. The molecule has 0 aliphatic heterocycles. The summed E-state index contributed by atoms with van der Waals surface area (Å²) in [5.41, 5.74) is -0.761. The SMILES string of the molecule is CC1(C)CC[C@]2(C)CC[C@@]3(C)[C@]4(C)CC[C@H]5C(C)(C)[C@@H](O)CC[C@]5(C)[C@H]4[C@H](O)C[C@]3(O)[C@@H]2C1. The van der Waals surface area contributed by atoms with Gasteiger partial charge in [0.05, 0.1) is 17.8 Å². The van der Waals surface area contributed by atoms with Crippen molar-refractivity contribution >= 4 is 0 Å². The first-order chi connectivity index (χ1) is 15.0. The van der Waals surface area contributed by atoms with E-state index in [1.165, 1.54) is 19.3 Å². The highest BCUT2D eigenvalue weighted by atomic mass is 16.3. The smallest absolute Gasteiger partial charge is 0.0764 e. The standard InChI is InChI=1S/C30H52O3/c1-24(2)13-14-26(5)15-16-29(8)28(7)12-9-20-25(3,4)22(32)10-11-27(20,6)23(28)19(31)17-30(29,33)21(26)18-24/h19-23,31-33H,9-18H2,1-8H3/t19-,20+,21-,22+,23-,26-,27+,28-,29+,30+/m1/s1. The van der Waals surface area contributed by atoms with Gasteiger partial charge >= 0.3 is 0 Å². The van der Waals surface area contributed by atoms with Crippen molar-refractivity contribution < 1.29 is 15.3 Å². The van der Waals surface area contributed by atoms with Crippen LogP contribution in [0.1, 0.15) is 120 Å². The Hall–Kier alpha value is -0.120. The average molecular weight is 461 g/mol. The van der Waals surface area contributed by atoms with E-state index in [1.54, 1.807) is 0 Å². The fourth-order valence-electron chi connectivity index (χ4n) is 11.4. The van der Waals surface area contributed by atoms with Crippen LogP contribution in [0.5, 0.6) is 0 Å². The first-order valence-electron chi connectivity index (χ1n) is 14.1. The topological polar surface area (TPSA) is 60.7 Å². The summed E-state index contributed by atoms with van der Waals surface area (Å²) in [6, 6.07) is 0. The lowest BCUT2D eigenvalue weighted by molar-refractivity contribution is -0.335. The average Bonchev–Trinajstić information content (AvgIpc) is 2.69. The summed E-state index contributed by atoms with van der Waals surface area (Å²) in [5, 5.41) is 35.8. The van der Waals surface area contributed by atoms with Crippen LogP contribution in [0.3, 0.4) is 0 Å². The molecule has 0 spiro atoms. The molecule has 0 unspecified atom stereocenters. The van der Waals surface area contributed by atoms with E-state index in [1.807, 2.05) is 0 Å². The van der Waals surface area contributed by atoms with Crippen LogP contribution in [0, 0.1) is 50.2 Å². The molecule has 5 rings (SSSR count). The quantitative estimate of drug-likeness (QED) is 0.395. The van der Waals surface area contributed by atoms with Crippen LogP contribution < -0.4 is 0 Å². The Morgan fingerprint density at radius 3 is 1.97 bits per heavy atom. The van der Waals surface area contributed by atoms with Gasteiger partial charge in [-0.15, -0.1) is 0 Å². The maximum Gasteiger partial charge on any atom is 0.0764 e. The van der Waals surface area contributed by atoms with Crippen molar-refractivity contribution in [1.29, 1.82) is 0 Å². The predicted octanol–water partition coefficient (Wildman–Crippen LogP) is 6.33. The van der Waals surface area contributed by atoms with E-state index in [2.05, 4.69) is 55.4 Å². The number of hydrogen-bond acceptors (Lipinski definition) is 3. The second-order valence-electron chi connectivity index (χ2n) is 16.0. The highest BCUT2D eigenvalue weighted by Crippen LogP contribution is 2.77. The molecule has 0 aromatic carbocycles. The van der Waals surface area contributed by atoms with Crippen molar-refractivity contribution in [3.05, 3.63) is 0 Å². The Bertz CT molecular complexity index is 819. The lowest BCUT2D eigenvalue weighted by atomic mass is 9.30. The van der Waals surface area contributed by atoms with Crippen LogP contribution in [0.4, 0.5) is 0 Å². The molecule has 3 heteroatoms. The Kier molecular flexibility index (Phi) is 5.06. The highest BCUT2D eigenvalue weighted by Gasteiger charge is 2.76. The highest BCUT2D eigenvalue weighted by molar-refractivity contribution is 5.25. The Labute approximate surface area is 203 Å². The van der Waals surface area contributed by atoms with E-state index in [0.29, 0.717) is 12.3 Å². The fourth-order valence-corrected chi connectivity index (χ4v) is 11.4. The first-order valence-corrected chi connectivity index (χ1v) is 14.1. The number of hydrogen-bond donors (Lipinski definition) is 3. The predicted molar refractivity (Wildman–Crippen MR) is 134 cm³/mol. The summed E-state index contributed by atoms with van der Waals surface area (Å²) in [4.78, 5) is 0. The Morgan fingerprint density at radius 1 is 0.667 bits per heavy atom. The van der Waals surface area contributed by atoms with Gasteiger partial charge in [-0.2, -0.15) is 0 Å². The first kappa shape index (κ1) is 24.6. The van der Waals surface area contributed by atoms with Gasteiger partial charge < -0.3 is 15.3 Å². The lowest BCUT2D eigenvalue weighted by Gasteiger charge is -2.76. The zero-order chi connectivity index (χ0) is 24.5. The third-order valence-electron chi connectivity index (χ3n) is 13.7. The molecular weight excluding hydrogens is 408 g/mol. The van der Waals surface area contributed by atoms with Crippen LogP contribution in [0.25, 0.3) is 0 Å². The van der Waals surface area contributed by atoms with Gasteiger partial charge in [-0.05, 0) is 103 Å². The van der Waals surface area contributed by atoms with E-state index < -0.39 is 11.7 Å². The summed E-state index contributed by atoms with van der Waals surface area (Å²) in [7, 11) is 0. The zero-order valence-electron chi connectivity index (χ0n) is 22.8. The number of aliphatic hydroxyl groups is 3. The largest absolute Gasteiger partial charge is 0.393 e. The minimum Gasteiger partial charge on any atom is -0.393 e. The normalized spacial score (nSPS) is 59.5. The Balaban J connectivity index is 1.61. The van der Waals surface area contributed by atoms with Crippen molar-refractivity contribution in [2.75, 3.05) is 0 Å². The van der Waals surface area contributed by atoms with Crippen molar-refractivity contribution in [2.45, 2.75) is 137 Å². The monoisotopic (exact) mass is 460 g/mol. The van der Waals surface area contributed by atoms with Crippen LogP contribution in [-0.4, -0.2) is 33.1 Å². The second-order valence-corrected chi connectivity index (χ2v) is 16.0. The van der Waals surface area contributed by atoms with Gasteiger partial charge in [-0.1, -0.05) is 55.4 Å². The van der Waals surface area contributed by atoms with Crippen LogP contribution >= 0.6 is 0 Å². The number of aliphatic hydroxyl groups excluding tert-OH is 2. The van der Waals surface area contributed by atoms with Crippen LogP contribution in [-0.2, 0) is 0 Å². The van der Waals surface area contributed by atoms with Crippen molar-refractivity contribution in [3.63, 3.8) is 0 Å². The molecule has 3 nitrogen and oxygen atoms in total. The molecule has 190 valence electrons. The van der Waals surface area contributed by atoms with Gasteiger partial charge in [0.1, 0.15) is 0 Å². The fraction of sp³-hybridized carbons (Fsp3) is 1.00. The maximum atomic E-state index is 12.8. The summed E-state index contributed by atoms with van der Waals surface area (Å²) in [6.07, 6.45) is 9.56. The summed E-state index contributed by atoms with van der Waals surface area (Å²) in [5.74, 6) is 0.857. The van der Waals surface area contributed by atoms with Gasteiger partial charge in [-0.3, -0.25) is 0 Å². The molecule has 5 aliphatic rings. The van der Waals surface area contributed by atoms with E-state index >= 15 is 0 Å². The van der Waals surface area contributed by atoms with E-state index in [9.17, 15) is 15.3 Å². The van der Waals surface area contributed by atoms with E-state index in [0.717, 1.165) is 38.5 Å². The van der Waals surface area contributed by atoms with Gasteiger partial charge in [-0.25, -0.2) is 0 Å². The molecule has 0 bridgehead atoms.